The molecule has 7 nitrogen and oxygen atoms in total. The van der Waals surface area contributed by atoms with Gasteiger partial charge in [0.15, 0.2) is 0 Å². The molecule has 1 heterocycles. The number of hydrogen-bond donors (Lipinski definition) is 2. The summed E-state index contributed by atoms with van der Waals surface area (Å²) in [5.41, 5.74) is 7.70. The molecule has 3 N–H and O–H groups in total. The van der Waals surface area contributed by atoms with Crippen LogP contribution in [0.25, 0.3) is 22.7 Å². The summed E-state index contributed by atoms with van der Waals surface area (Å²) >= 11 is 0. The lowest BCUT2D eigenvalue weighted by atomic mass is 10.0. The summed E-state index contributed by atoms with van der Waals surface area (Å²) in [4.78, 5) is 16.6. The lowest BCUT2D eigenvalue weighted by Gasteiger charge is -2.12. The van der Waals surface area contributed by atoms with Crippen molar-refractivity contribution < 1.29 is 17.6 Å². The molecule has 0 aliphatic heterocycles. The van der Waals surface area contributed by atoms with E-state index >= 15 is 0 Å². The Labute approximate surface area is 168 Å². The van der Waals surface area contributed by atoms with Crippen molar-refractivity contribution in [3.05, 3.63) is 59.4 Å². The average molecular weight is 416 g/mol. The van der Waals surface area contributed by atoms with Crippen LogP contribution in [-0.2, 0) is 14.8 Å². The lowest BCUT2D eigenvalue weighted by molar-refractivity contribution is -0.115. The number of rotatable bonds is 5. The van der Waals surface area contributed by atoms with Crippen LogP contribution in [0.15, 0.2) is 42.5 Å². The number of benzene rings is 2. The molecule has 1 amide bonds. The highest BCUT2D eigenvalue weighted by Gasteiger charge is 2.25. The summed E-state index contributed by atoms with van der Waals surface area (Å²) in [6.07, 6.45) is 1.53. The molecule has 0 saturated heterocycles. The van der Waals surface area contributed by atoms with Crippen molar-refractivity contribution in [1.29, 1.82) is 0 Å². The molecule has 29 heavy (non-hydrogen) atoms. The van der Waals surface area contributed by atoms with Crippen LogP contribution >= 0.6 is 0 Å². The zero-order valence-corrected chi connectivity index (χ0v) is 17.0. The molecule has 3 rings (SSSR count). The number of carbonyl (C=O) groups excluding carboxylic acids is 1. The first-order chi connectivity index (χ1) is 13.6. The molecular weight excluding hydrogens is 395 g/mol. The molecule has 0 spiro atoms. The molecule has 0 saturated carbocycles. The van der Waals surface area contributed by atoms with Crippen LogP contribution in [0.1, 0.15) is 25.0 Å². The van der Waals surface area contributed by atoms with Crippen molar-refractivity contribution in [2.24, 2.45) is 0 Å². The Bertz CT molecular complexity index is 1230. The van der Waals surface area contributed by atoms with Gasteiger partial charge in [0.2, 0.25) is 16.0 Å². The van der Waals surface area contributed by atoms with Gasteiger partial charge in [-0.15, -0.1) is 0 Å². The number of nitrogens with two attached hydrogens (primary N) is 1. The zero-order valence-electron chi connectivity index (χ0n) is 16.2. The summed E-state index contributed by atoms with van der Waals surface area (Å²) in [5.74, 6) is -0.986. The van der Waals surface area contributed by atoms with E-state index in [-0.39, 0.29) is 17.0 Å². The third-order valence-electron chi connectivity index (χ3n) is 4.43. The summed E-state index contributed by atoms with van der Waals surface area (Å²) in [6, 6.07) is 10.6. The summed E-state index contributed by atoms with van der Waals surface area (Å²) in [6.45, 7) is 3.09. The van der Waals surface area contributed by atoms with Crippen LogP contribution in [0.3, 0.4) is 0 Å². The molecular formula is C20H21FN4O3S. The number of anilines is 1. The zero-order chi connectivity index (χ0) is 21.3. The minimum absolute atomic E-state index is 0.151. The number of aromatic nitrogens is 2. The number of halogens is 1. The van der Waals surface area contributed by atoms with Gasteiger partial charge < -0.3 is 11.1 Å². The molecule has 0 aliphatic rings. The van der Waals surface area contributed by atoms with Gasteiger partial charge in [0.05, 0.1) is 16.3 Å². The topological polar surface area (TPSA) is 107 Å². The molecule has 1 aromatic heterocycles. The fraction of sp³-hybridized carbons (Fsp3) is 0.200. The van der Waals surface area contributed by atoms with Crippen LogP contribution in [0.2, 0.25) is 0 Å². The van der Waals surface area contributed by atoms with Crippen LogP contribution in [0, 0.1) is 5.82 Å². The largest absolute Gasteiger partial charge is 0.368 e. The van der Waals surface area contributed by atoms with Crippen LogP contribution in [0.5, 0.6) is 0 Å². The first kappa shape index (κ1) is 20.5. The Morgan fingerprint density at radius 2 is 1.97 bits per heavy atom. The van der Waals surface area contributed by atoms with E-state index in [0.29, 0.717) is 16.6 Å². The molecule has 152 valence electrons. The highest BCUT2D eigenvalue weighted by Crippen LogP contribution is 2.27. The minimum atomic E-state index is -3.76. The molecule has 0 unspecified atom stereocenters. The first-order valence-electron chi connectivity index (χ1n) is 8.87. The van der Waals surface area contributed by atoms with Crippen molar-refractivity contribution in [3.63, 3.8) is 0 Å². The quantitative estimate of drug-likeness (QED) is 0.491. The van der Waals surface area contributed by atoms with Crippen LogP contribution in [0.4, 0.5) is 10.3 Å². The molecule has 0 atom stereocenters. The normalized spacial score (nSPS) is 12.5. The minimum Gasteiger partial charge on any atom is -0.368 e. The number of carbonyl (C=O) groups is 1. The predicted octanol–water partition coefficient (Wildman–Crippen LogP) is 2.63. The molecule has 2 aromatic carbocycles. The second-order valence-electron chi connectivity index (χ2n) is 6.72. The van der Waals surface area contributed by atoms with Crippen molar-refractivity contribution in [3.8, 4) is 0 Å². The second kappa shape index (κ2) is 7.67. The summed E-state index contributed by atoms with van der Waals surface area (Å²) in [7, 11) is -2.29. The van der Waals surface area contributed by atoms with Gasteiger partial charge in [-0.05, 0) is 55.3 Å². The molecule has 3 aromatic rings. The Hall–Kier alpha value is -3.20. The molecule has 0 fully saturated rings. The molecule has 0 aliphatic carbocycles. The van der Waals surface area contributed by atoms with Gasteiger partial charge in [-0.25, -0.2) is 21.8 Å². The number of likely N-dealkylation sites (N-methyl/N-ethyl adjacent to an activating group) is 1. The highest BCUT2D eigenvalue weighted by atomic mass is 32.2. The van der Waals surface area contributed by atoms with Crippen molar-refractivity contribution in [2.45, 2.75) is 19.1 Å². The number of nitrogens with zero attached hydrogens (tertiary/aromatic N) is 2. The Morgan fingerprint density at radius 1 is 1.24 bits per heavy atom. The van der Waals surface area contributed by atoms with E-state index in [1.54, 1.807) is 38.1 Å². The van der Waals surface area contributed by atoms with Crippen LogP contribution in [-0.4, -0.2) is 35.6 Å². The summed E-state index contributed by atoms with van der Waals surface area (Å²) < 4.78 is 40.0. The van der Waals surface area contributed by atoms with E-state index in [2.05, 4.69) is 10.3 Å². The smallest absolute Gasteiger partial charge is 0.251 e. The number of imidazole rings is 1. The maximum atomic E-state index is 13.6. The van der Waals surface area contributed by atoms with Gasteiger partial charge in [0.25, 0.3) is 5.91 Å². The van der Waals surface area contributed by atoms with E-state index in [1.165, 1.54) is 31.3 Å². The average Bonchev–Trinajstić information content (AvgIpc) is 3.00. The SMILES string of the molecule is CNC(=O)/C(=C/c1cccc(F)c1)c1ccc2nc(N)n(S(=O)(=O)C(C)C)c2c1. The third-order valence-corrected chi connectivity index (χ3v) is 6.51. The second-order valence-corrected chi connectivity index (χ2v) is 9.06. The Kier molecular flexibility index (Phi) is 5.43. The standard InChI is InChI=1S/C20H21FN4O3S/c1-12(2)29(27,28)25-18-11-14(7-8-17(18)24-20(25)22)16(19(26)23-3)10-13-5-4-6-15(21)9-13/h4-12H,1-3H3,(H2,22,24)(H,23,26)/b16-10+. The summed E-state index contributed by atoms with van der Waals surface area (Å²) in [5, 5.41) is 1.83. The van der Waals surface area contributed by atoms with E-state index in [4.69, 9.17) is 5.73 Å². The fourth-order valence-electron chi connectivity index (χ4n) is 2.90. The molecule has 0 bridgehead atoms. The maximum absolute atomic E-state index is 13.6. The van der Waals surface area contributed by atoms with Crippen LogP contribution < -0.4 is 11.1 Å². The molecule has 9 heteroatoms. The first-order valence-corrected chi connectivity index (χ1v) is 10.4. The molecule has 0 radical (unpaired) electrons. The fourth-order valence-corrected chi connectivity index (χ4v) is 4.04. The number of fused-ring (bicyclic) bond motifs is 1. The maximum Gasteiger partial charge on any atom is 0.251 e. The van der Waals surface area contributed by atoms with Gasteiger partial charge >= 0.3 is 0 Å². The van der Waals surface area contributed by atoms with Crippen molar-refractivity contribution >= 4 is 44.6 Å². The lowest BCUT2D eigenvalue weighted by Crippen LogP contribution is -2.24. The number of amides is 1. The highest BCUT2D eigenvalue weighted by molar-refractivity contribution is 7.90. The van der Waals surface area contributed by atoms with Gasteiger partial charge in [0.1, 0.15) is 5.82 Å². The predicted molar refractivity (Wildman–Crippen MR) is 112 cm³/mol. The van der Waals surface area contributed by atoms with Gasteiger partial charge in [-0.1, -0.05) is 18.2 Å². The van der Waals surface area contributed by atoms with Gasteiger partial charge in [-0.2, -0.15) is 0 Å². The number of nitrogen functional groups attached to an aromatic ring is 1. The van der Waals surface area contributed by atoms with E-state index in [9.17, 15) is 17.6 Å². The Morgan fingerprint density at radius 3 is 2.59 bits per heavy atom. The van der Waals surface area contributed by atoms with Crippen molar-refractivity contribution in [2.75, 3.05) is 12.8 Å². The Balaban J connectivity index is 2.25. The van der Waals surface area contributed by atoms with Gasteiger partial charge in [0, 0.05) is 12.6 Å². The van der Waals surface area contributed by atoms with Gasteiger partial charge in [-0.3, -0.25) is 4.79 Å². The van der Waals surface area contributed by atoms with E-state index in [1.807, 2.05) is 0 Å². The third kappa shape index (κ3) is 3.86. The number of hydrogen-bond acceptors (Lipinski definition) is 5. The monoisotopic (exact) mass is 416 g/mol. The van der Waals surface area contributed by atoms with E-state index in [0.717, 1.165) is 3.97 Å². The number of nitrogens with one attached hydrogen (secondary N) is 1. The van der Waals surface area contributed by atoms with Crippen molar-refractivity contribution in [1.82, 2.24) is 14.3 Å². The van der Waals surface area contributed by atoms with E-state index < -0.39 is 27.0 Å².